The van der Waals surface area contributed by atoms with Gasteiger partial charge in [0, 0.05) is 12.7 Å². The first-order chi connectivity index (χ1) is 10.0. The van der Waals surface area contributed by atoms with Crippen molar-refractivity contribution in [3.05, 3.63) is 40.3 Å². The molecule has 21 heavy (non-hydrogen) atoms. The molecule has 8 heteroatoms. The van der Waals surface area contributed by atoms with Gasteiger partial charge in [0.1, 0.15) is 5.82 Å². The van der Waals surface area contributed by atoms with Crippen molar-refractivity contribution in [2.75, 3.05) is 17.2 Å². The number of anilines is 3. The van der Waals surface area contributed by atoms with Crippen LogP contribution in [0.3, 0.4) is 0 Å². The molecule has 0 unspecified atom stereocenters. The highest BCUT2D eigenvalue weighted by molar-refractivity contribution is 9.10. The molecule has 0 fully saturated rings. The number of nitrogens with one attached hydrogen (secondary N) is 2. The topological polar surface area (TPSA) is 49.8 Å². The highest BCUT2D eigenvalue weighted by Crippen LogP contribution is 2.27. The van der Waals surface area contributed by atoms with Crippen LogP contribution in [0, 0.1) is 17.5 Å². The first kappa shape index (κ1) is 15.6. The zero-order valence-electron chi connectivity index (χ0n) is 11.1. The first-order valence-electron chi connectivity index (χ1n) is 6.19. The minimum absolute atomic E-state index is 0.213. The minimum atomic E-state index is -1.53. The van der Waals surface area contributed by atoms with E-state index in [9.17, 15) is 13.2 Å². The predicted octanol–water partition coefficient (Wildman–Crippen LogP) is 4.22. The minimum Gasteiger partial charge on any atom is -0.354 e. The van der Waals surface area contributed by atoms with Crippen molar-refractivity contribution in [1.82, 2.24) is 9.97 Å². The molecule has 112 valence electrons. The molecule has 2 aromatic rings. The SMILES string of the molecule is CCCNc1ncc(Br)c(Nc2ccc(F)c(F)c2F)n1. The van der Waals surface area contributed by atoms with Crippen molar-refractivity contribution in [1.29, 1.82) is 0 Å². The summed E-state index contributed by atoms with van der Waals surface area (Å²) < 4.78 is 40.2. The summed E-state index contributed by atoms with van der Waals surface area (Å²) in [5, 5.41) is 5.58. The van der Waals surface area contributed by atoms with Gasteiger partial charge in [0.2, 0.25) is 5.95 Å². The summed E-state index contributed by atoms with van der Waals surface area (Å²) >= 11 is 3.21. The molecule has 4 nitrogen and oxygen atoms in total. The van der Waals surface area contributed by atoms with Gasteiger partial charge in [-0.15, -0.1) is 0 Å². The van der Waals surface area contributed by atoms with Crippen LogP contribution in [0.4, 0.5) is 30.6 Å². The van der Waals surface area contributed by atoms with Crippen molar-refractivity contribution >= 4 is 33.4 Å². The number of nitrogens with zero attached hydrogens (tertiary/aromatic N) is 2. The van der Waals surface area contributed by atoms with Crippen LogP contribution in [0.5, 0.6) is 0 Å². The van der Waals surface area contributed by atoms with Gasteiger partial charge in [-0.2, -0.15) is 4.98 Å². The summed E-state index contributed by atoms with van der Waals surface area (Å²) in [5.41, 5.74) is -0.213. The molecule has 0 atom stereocenters. The van der Waals surface area contributed by atoms with Gasteiger partial charge in [0.25, 0.3) is 0 Å². The van der Waals surface area contributed by atoms with Crippen LogP contribution in [-0.4, -0.2) is 16.5 Å². The Balaban J connectivity index is 2.28. The normalized spacial score (nSPS) is 10.5. The molecular weight excluding hydrogens is 349 g/mol. The molecule has 1 aromatic heterocycles. The average molecular weight is 361 g/mol. The zero-order valence-corrected chi connectivity index (χ0v) is 12.6. The molecule has 0 aliphatic heterocycles. The lowest BCUT2D eigenvalue weighted by molar-refractivity contribution is 0.449. The third-order valence-corrected chi connectivity index (χ3v) is 3.15. The molecule has 2 rings (SSSR count). The van der Waals surface area contributed by atoms with E-state index in [1.54, 1.807) is 0 Å². The van der Waals surface area contributed by atoms with Gasteiger partial charge in [0.05, 0.1) is 10.2 Å². The van der Waals surface area contributed by atoms with E-state index >= 15 is 0 Å². The molecule has 0 saturated carbocycles. The molecule has 0 saturated heterocycles. The second-order valence-corrected chi connectivity index (χ2v) is 5.02. The van der Waals surface area contributed by atoms with Crippen LogP contribution in [-0.2, 0) is 0 Å². The van der Waals surface area contributed by atoms with Gasteiger partial charge in [-0.05, 0) is 34.5 Å². The predicted molar refractivity (Wildman–Crippen MR) is 78.1 cm³/mol. The second-order valence-electron chi connectivity index (χ2n) is 4.16. The van der Waals surface area contributed by atoms with Crippen molar-refractivity contribution < 1.29 is 13.2 Å². The van der Waals surface area contributed by atoms with Crippen LogP contribution >= 0.6 is 15.9 Å². The Kier molecular flexibility index (Phi) is 5.00. The maximum absolute atomic E-state index is 13.6. The molecule has 0 aliphatic carbocycles. The third-order valence-electron chi connectivity index (χ3n) is 2.57. The Morgan fingerprint density at radius 3 is 2.67 bits per heavy atom. The van der Waals surface area contributed by atoms with E-state index in [0.717, 1.165) is 18.6 Å². The van der Waals surface area contributed by atoms with Gasteiger partial charge in [-0.3, -0.25) is 0 Å². The van der Waals surface area contributed by atoms with E-state index in [-0.39, 0.29) is 11.5 Å². The fraction of sp³-hybridized carbons (Fsp3) is 0.231. The van der Waals surface area contributed by atoms with Crippen molar-refractivity contribution in [3.8, 4) is 0 Å². The molecule has 0 amide bonds. The number of hydrogen-bond acceptors (Lipinski definition) is 4. The smallest absolute Gasteiger partial charge is 0.224 e. The van der Waals surface area contributed by atoms with Gasteiger partial charge in [-0.1, -0.05) is 6.92 Å². The first-order valence-corrected chi connectivity index (χ1v) is 6.99. The Bertz CT molecular complexity index is 652. The Labute approximate surface area is 127 Å². The highest BCUT2D eigenvalue weighted by Gasteiger charge is 2.15. The van der Waals surface area contributed by atoms with Gasteiger partial charge in [0.15, 0.2) is 17.5 Å². The lowest BCUT2D eigenvalue weighted by atomic mass is 10.3. The standard InChI is InChI=1S/C13H12BrF3N4/c1-2-5-18-13-19-6-7(14)12(21-13)20-9-4-3-8(15)10(16)11(9)17/h3-4,6H,2,5H2,1H3,(H2,18,19,20,21). The molecule has 0 bridgehead atoms. The summed E-state index contributed by atoms with van der Waals surface area (Å²) in [7, 11) is 0. The van der Waals surface area contributed by atoms with E-state index in [1.165, 1.54) is 6.20 Å². The lowest BCUT2D eigenvalue weighted by Gasteiger charge is -2.11. The van der Waals surface area contributed by atoms with Gasteiger partial charge >= 0.3 is 0 Å². The van der Waals surface area contributed by atoms with Gasteiger partial charge in [-0.25, -0.2) is 18.2 Å². The largest absolute Gasteiger partial charge is 0.354 e. The lowest BCUT2D eigenvalue weighted by Crippen LogP contribution is -2.07. The highest BCUT2D eigenvalue weighted by atomic mass is 79.9. The molecule has 0 radical (unpaired) electrons. The number of rotatable bonds is 5. The summed E-state index contributed by atoms with van der Waals surface area (Å²) in [6, 6.07) is 1.94. The Morgan fingerprint density at radius 1 is 1.19 bits per heavy atom. The Hall–Kier alpha value is -1.83. The average Bonchev–Trinajstić information content (AvgIpc) is 2.48. The maximum atomic E-state index is 13.6. The number of halogens is 4. The van der Waals surface area contributed by atoms with E-state index < -0.39 is 17.5 Å². The van der Waals surface area contributed by atoms with Crippen LogP contribution < -0.4 is 10.6 Å². The van der Waals surface area contributed by atoms with Crippen LogP contribution in [0.15, 0.2) is 22.8 Å². The Morgan fingerprint density at radius 2 is 1.95 bits per heavy atom. The monoisotopic (exact) mass is 360 g/mol. The number of benzene rings is 1. The zero-order chi connectivity index (χ0) is 15.4. The van der Waals surface area contributed by atoms with Crippen molar-refractivity contribution in [2.45, 2.75) is 13.3 Å². The second kappa shape index (κ2) is 6.75. The van der Waals surface area contributed by atoms with E-state index in [0.29, 0.717) is 17.0 Å². The number of aromatic nitrogens is 2. The molecule has 2 N–H and O–H groups in total. The summed E-state index contributed by atoms with van der Waals surface area (Å²) in [4.78, 5) is 8.17. The van der Waals surface area contributed by atoms with E-state index in [4.69, 9.17) is 0 Å². The fourth-order valence-electron chi connectivity index (χ4n) is 1.53. The number of hydrogen-bond donors (Lipinski definition) is 2. The van der Waals surface area contributed by atoms with Crippen molar-refractivity contribution in [3.63, 3.8) is 0 Å². The molecule has 0 aliphatic rings. The summed E-state index contributed by atoms with van der Waals surface area (Å²) in [5.74, 6) is -3.48. The van der Waals surface area contributed by atoms with Gasteiger partial charge < -0.3 is 10.6 Å². The third kappa shape index (κ3) is 3.63. The molecule has 1 heterocycles. The van der Waals surface area contributed by atoms with Crippen molar-refractivity contribution in [2.24, 2.45) is 0 Å². The molecule has 1 aromatic carbocycles. The van der Waals surface area contributed by atoms with Crippen LogP contribution in [0.1, 0.15) is 13.3 Å². The summed E-state index contributed by atoms with van der Waals surface area (Å²) in [6.07, 6.45) is 2.37. The van der Waals surface area contributed by atoms with Crippen LogP contribution in [0.2, 0.25) is 0 Å². The van der Waals surface area contributed by atoms with Crippen LogP contribution in [0.25, 0.3) is 0 Å². The fourth-order valence-corrected chi connectivity index (χ4v) is 1.82. The molecular formula is C13H12BrF3N4. The maximum Gasteiger partial charge on any atom is 0.224 e. The van der Waals surface area contributed by atoms with E-state index in [1.807, 2.05) is 6.92 Å². The quantitative estimate of drug-likeness (QED) is 0.783. The summed E-state index contributed by atoms with van der Waals surface area (Å²) in [6.45, 7) is 2.67. The molecule has 0 spiro atoms. The van der Waals surface area contributed by atoms with E-state index in [2.05, 4.69) is 36.5 Å².